The SMILES string of the molecule is Cc1cc(=O)cc(C)n1C1(C#N)CCCCCCC1. The highest BCUT2D eigenvalue weighted by Crippen LogP contribution is 2.34. The minimum Gasteiger partial charge on any atom is -0.330 e. The second-order valence-corrected chi connectivity index (χ2v) is 5.72. The lowest BCUT2D eigenvalue weighted by atomic mass is 9.84. The van der Waals surface area contributed by atoms with Crippen molar-refractivity contribution in [3.8, 4) is 6.07 Å². The zero-order chi connectivity index (χ0) is 13.9. The Balaban J connectivity index is 2.51. The lowest BCUT2D eigenvalue weighted by molar-refractivity contribution is 0.276. The van der Waals surface area contributed by atoms with Crippen LogP contribution in [0.4, 0.5) is 0 Å². The molecule has 102 valence electrons. The lowest BCUT2D eigenvalue weighted by Crippen LogP contribution is -2.36. The molecular formula is C16H22N2O. The van der Waals surface area contributed by atoms with Gasteiger partial charge in [-0.3, -0.25) is 4.79 Å². The maximum absolute atomic E-state index is 11.6. The van der Waals surface area contributed by atoms with Crippen LogP contribution in [0, 0.1) is 25.2 Å². The van der Waals surface area contributed by atoms with Crippen LogP contribution in [0.15, 0.2) is 16.9 Å². The molecule has 1 saturated carbocycles. The first kappa shape index (κ1) is 13.9. The van der Waals surface area contributed by atoms with Crippen LogP contribution in [0.25, 0.3) is 0 Å². The second kappa shape index (κ2) is 5.61. The van der Waals surface area contributed by atoms with Crippen LogP contribution in [-0.2, 0) is 5.54 Å². The molecule has 0 bridgehead atoms. The zero-order valence-corrected chi connectivity index (χ0v) is 11.9. The van der Waals surface area contributed by atoms with Crippen molar-refractivity contribution in [1.82, 2.24) is 4.57 Å². The highest BCUT2D eigenvalue weighted by atomic mass is 16.1. The summed E-state index contributed by atoms with van der Waals surface area (Å²) in [6.45, 7) is 3.87. The second-order valence-electron chi connectivity index (χ2n) is 5.72. The van der Waals surface area contributed by atoms with Crippen molar-refractivity contribution in [1.29, 1.82) is 5.26 Å². The Kier molecular flexibility index (Phi) is 4.09. The minimum absolute atomic E-state index is 0.0326. The predicted molar refractivity (Wildman–Crippen MR) is 76.1 cm³/mol. The number of rotatable bonds is 1. The third-order valence-corrected chi connectivity index (χ3v) is 4.22. The van der Waals surface area contributed by atoms with E-state index >= 15 is 0 Å². The molecule has 0 unspecified atom stereocenters. The fourth-order valence-electron chi connectivity index (χ4n) is 3.41. The minimum atomic E-state index is -0.456. The van der Waals surface area contributed by atoms with Gasteiger partial charge >= 0.3 is 0 Å². The van der Waals surface area contributed by atoms with Crippen molar-refractivity contribution in [2.75, 3.05) is 0 Å². The normalized spacial score (nSPS) is 19.2. The van der Waals surface area contributed by atoms with Crippen LogP contribution in [0.2, 0.25) is 0 Å². The Labute approximate surface area is 114 Å². The van der Waals surface area contributed by atoms with Gasteiger partial charge in [-0.25, -0.2) is 0 Å². The fourth-order valence-corrected chi connectivity index (χ4v) is 3.41. The standard InChI is InChI=1S/C16H22N2O/c1-13-10-15(19)11-14(2)18(13)16(12-17)8-6-4-3-5-7-9-16/h10-11H,3-9H2,1-2H3. The van der Waals surface area contributed by atoms with Crippen molar-refractivity contribution < 1.29 is 0 Å². The first-order chi connectivity index (χ1) is 9.09. The van der Waals surface area contributed by atoms with E-state index in [1.165, 1.54) is 19.3 Å². The van der Waals surface area contributed by atoms with Gasteiger partial charge in [0.15, 0.2) is 5.43 Å². The van der Waals surface area contributed by atoms with E-state index in [2.05, 4.69) is 10.6 Å². The Hall–Kier alpha value is -1.56. The van der Waals surface area contributed by atoms with Crippen molar-refractivity contribution in [3.63, 3.8) is 0 Å². The number of hydrogen-bond acceptors (Lipinski definition) is 2. The highest BCUT2D eigenvalue weighted by molar-refractivity contribution is 5.20. The van der Waals surface area contributed by atoms with Crippen molar-refractivity contribution >= 4 is 0 Å². The first-order valence-corrected chi connectivity index (χ1v) is 7.21. The molecule has 0 aromatic carbocycles. The third kappa shape index (κ3) is 2.73. The average molecular weight is 258 g/mol. The molecule has 2 rings (SSSR count). The summed E-state index contributed by atoms with van der Waals surface area (Å²) < 4.78 is 2.10. The summed E-state index contributed by atoms with van der Waals surface area (Å²) in [4.78, 5) is 11.6. The van der Waals surface area contributed by atoms with Gasteiger partial charge < -0.3 is 4.57 Å². The van der Waals surface area contributed by atoms with Gasteiger partial charge in [0.25, 0.3) is 0 Å². The molecule has 3 heteroatoms. The molecule has 0 amide bonds. The Morgan fingerprint density at radius 3 is 2.00 bits per heavy atom. The van der Waals surface area contributed by atoms with Crippen LogP contribution < -0.4 is 5.43 Å². The number of hydrogen-bond donors (Lipinski definition) is 0. The summed E-state index contributed by atoms with van der Waals surface area (Å²) in [6.07, 6.45) is 7.69. The number of nitrogens with zero attached hydrogens (tertiary/aromatic N) is 2. The molecule has 1 aliphatic rings. The van der Waals surface area contributed by atoms with Crippen molar-refractivity contribution in [2.45, 2.75) is 64.3 Å². The third-order valence-electron chi connectivity index (χ3n) is 4.22. The monoisotopic (exact) mass is 258 g/mol. The summed E-state index contributed by atoms with van der Waals surface area (Å²) >= 11 is 0. The van der Waals surface area contributed by atoms with Gasteiger partial charge in [0, 0.05) is 23.5 Å². The quantitative estimate of drug-likeness (QED) is 0.774. The van der Waals surface area contributed by atoms with E-state index < -0.39 is 5.54 Å². The van der Waals surface area contributed by atoms with Gasteiger partial charge in [0.2, 0.25) is 0 Å². The van der Waals surface area contributed by atoms with E-state index in [0.717, 1.165) is 37.1 Å². The number of aromatic nitrogens is 1. The maximum atomic E-state index is 11.6. The number of aryl methyl sites for hydroxylation is 2. The fraction of sp³-hybridized carbons (Fsp3) is 0.625. The molecule has 1 heterocycles. The number of nitriles is 1. The molecule has 0 radical (unpaired) electrons. The molecule has 3 nitrogen and oxygen atoms in total. The molecule has 19 heavy (non-hydrogen) atoms. The van der Waals surface area contributed by atoms with Gasteiger partial charge in [-0.1, -0.05) is 32.1 Å². The van der Waals surface area contributed by atoms with E-state index in [1.54, 1.807) is 12.1 Å². The zero-order valence-electron chi connectivity index (χ0n) is 11.9. The molecule has 0 spiro atoms. The van der Waals surface area contributed by atoms with Crippen LogP contribution in [0.1, 0.15) is 56.3 Å². The summed E-state index contributed by atoms with van der Waals surface area (Å²) in [5.41, 5.74) is 1.40. The van der Waals surface area contributed by atoms with Crippen LogP contribution >= 0.6 is 0 Å². The lowest BCUT2D eigenvalue weighted by Gasteiger charge is -2.34. The van der Waals surface area contributed by atoms with Gasteiger partial charge in [-0.05, 0) is 26.7 Å². The van der Waals surface area contributed by atoms with E-state index in [1.807, 2.05) is 13.8 Å². The summed E-state index contributed by atoms with van der Waals surface area (Å²) in [7, 11) is 0. The van der Waals surface area contributed by atoms with Crippen LogP contribution in [0.3, 0.4) is 0 Å². The smallest absolute Gasteiger partial charge is 0.182 e. The van der Waals surface area contributed by atoms with Gasteiger partial charge in [-0.15, -0.1) is 0 Å². The van der Waals surface area contributed by atoms with Gasteiger partial charge in [0.1, 0.15) is 5.54 Å². The molecule has 0 N–H and O–H groups in total. The largest absolute Gasteiger partial charge is 0.330 e. The van der Waals surface area contributed by atoms with E-state index in [9.17, 15) is 10.1 Å². The first-order valence-electron chi connectivity index (χ1n) is 7.21. The summed E-state index contributed by atoms with van der Waals surface area (Å²) in [6, 6.07) is 5.85. The molecular weight excluding hydrogens is 236 g/mol. The molecule has 1 aromatic heterocycles. The molecule has 1 aliphatic carbocycles. The molecule has 1 aromatic rings. The molecule has 1 fully saturated rings. The molecule has 0 aliphatic heterocycles. The van der Waals surface area contributed by atoms with E-state index in [-0.39, 0.29) is 5.43 Å². The van der Waals surface area contributed by atoms with Crippen LogP contribution in [0.5, 0.6) is 0 Å². The maximum Gasteiger partial charge on any atom is 0.182 e. The van der Waals surface area contributed by atoms with Crippen LogP contribution in [-0.4, -0.2) is 4.57 Å². The highest BCUT2D eigenvalue weighted by Gasteiger charge is 2.33. The summed E-state index contributed by atoms with van der Waals surface area (Å²) in [5.74, 6) is 0. The van der Waals surface area contributed by atoms with Gasteiger partial charge in [0.05, 0.1) is 6.07 Å². The predicted octanol–water partition coefficient (Wildman–Crippen LogP) is 3.43. The summed E-state index contributed by atoms with van der Waals surface area (Å²) in [5, 5.41) is 9.78. The molecule has 0 atom stereocenters. The average Bonchev–Trinajstić information content (AvgIpc) is 2.30. The van der Waals surface area contributed by atoms with Crippen molar-refractivity contribution in [3.05, 3.63) is 33.7 Å². The van der Waals surface area contributed by atoms with E-state index in [4.69, 9.17) is 0 Å². The van der Waals surface area contributed by atoms with E-state index in [0.29, 0.717) is 0 Å². The molecule has 0 saturated heterocycles. The topological polar surface area (TPSA) is 45.8 Å². The van der Waals surface area contributed by atoms with Crippen molar-refractivity contribution in [2.24, 2.45) is 0 Å². The van der Waals surface area contributed by atoms with Gasteiger partial charge in [-0.2, -0.15) is 5.26 Å². The Morgan fingerprint density at radius 2 is 1.53 bits per heavy atom. The number of pyridine rings is 1. The Morgan fingerprint density at radius 1 is 1.05 bits per heavy atom. The Bertz CT molecular complexity index is 517.